The minimum atomic E-state index is -3.43. The second-order valence-electron chi connectivity index (χ2n) is 6.60. The lowest BCUT2D eigenvalue weighted by atomic mass is 10.1. The van der Waals surface area contributed by atoms with E-state index in [0.717, 1.165) is 18.4 Å². The molecule has 0 saturated heterocycles. The van der Waals surface area contributed by atoms with Crippen molar-refractivity contribution in [1.82, 2.24) is 14.5 Å². The number of hydrogen-bond acceptors (Lipinski definition) is 6. The normalized spacial score (nSPS) is 11.5. The molecule has 0 aliphatic carbocycles. The van der Waals surface area contributed by atoms with Gasteiger partial charge in [-0.05, 0) is 31.2 Å². The summed E-state index contributed by atoms with van der Waals surface area (Å²) in [5, 5.41) is 0. The maximum absolute atomic E-state index is 13.9. The van der Waals surface area contributed by atoms with E-state index in [2.05, 4.69) is 9.97 Å². The van der Waals surface area contributed by atoms with Crippen LogP contribution >= 0.6 is 0 Å². The lowest BCUT2D eigenvalue weighted by Crippen LogP contribution is -2.18. The Labute approximate surface area is 165 Å². The Kier molecular flexibility index (Phi) is 5.47. The zero-order chi connectivity index (χ0) is 21.3. The first-order valence-electron chi connectivity index (χ1n) is 8.38. The van der Waals surface area contributed by atoms with Gasteiger partial charge >= 0.3 is 6.01 Å². The Morgan fingerprint density at radius 3 is 2.48 bits per heavy atom. The predicted octanol–water partition coefficient (Wildman–Crippen LogP) is 2.77. The van der Waals surface area contributed by atoms with E-state index in [4.69, 9.17) is 4.74 Å². The van der Waals surface area contributed by atoms with Gasteiger partial charge in [0, 0.05) is 36.7 Å². The number of benzene rings is 1. The van der Waals surface area contributed by atoms with E-state index in [-0.39, 0.29) is 28.7 Å². The minimum absolute atomic E-state index is 0.126. The number of rotatable bonds is 5. The van der Waals surface area contributed by atoms with Crippen molar-refractivity contribution < 1.29 is 21.9 Å². The van der Waals surface area contributed by atoms with Crippen LogP contribution in [0.1, 0.15) is 11.3 Å². The van der Waals surface area contributed by atoms with Crippen molar-refractivity contribution in [2.45, 2.75) is 12.7 Å². The van der Waals surface area contributed by atoms with E-state index >= 15 is 0 Å². The molecular weight excluding hydrogens is 404 g/mol. The Morgan fingerprint density at radius 1 is 1.14 bits per heavy atom. The highest BCUT2D eigenvalue weighted by molar-refractivity contribution is 7.89. The Balaban J connectivity index is 2.12. The minimum Gasteiger partial charge on any atom is -0.421 e. The van der Waals surface area contributed by atoms with Crippen molar-refractivity contribution in [2.75, 3.05) is 6.26 Å². The van der Waals surface area contributed by atoms with Crippen LogP contribution in [-0.2, 0) is 22.6 Å². The number of pyridine rings is 1. The van der Waals surface area contributed by atoms with Gasteiger partial charge in [-0.1, -0.05) is 0 Å². The molecule has 0 saturated carbocycles. The van der Waals surface area contributed by atoms with Gasteiger partial charge in [0.15, 0.2) is 21.4 Å². The van der Waals surface area contributed by atoms with E-state index in [1.807, 2.05) is 0 Å². The Morgan fingerprint density at radius 2 is 1.86 bits per heavy atom. The average Bonchev–Trinajstić information content (AvgIpc) is 2.60. The van der Waals surface area contributed by atoms with Crippen molar-refractivity contribution in [3.05, 3.63) is 69.8 Å². The Hall–Kier alpha value is -3.14. The number of aryl methyl sites for hydroxylation is 2. The lowest BCUT2D eigenvalue weighted by Gasteiger charge is -2.11. The van der Waals surface area contributed by atoms with Crippen LogP contribution in [0.3, 0.4) is 0 Å². The number of sulfone groups is 1. The first-order valence-corrected chi connectivity index (χ1v) is 10.4. The van der Waals surface area contributed by atoms with E-state index in [1.54, 1.807) is 20.0 Å². The van der Waals surface area contributed by atoms with Crippen molar-refractivity contribution in [1.29, 1.82) is 0 Å². The van der Waals surface area contributed by atoms with Crippen molar-refractivity contribution in [2.24, 2.45) is 7.05 Å². The van der Waals surface area contributed by atoms with Crippen LogP contribution in [0.15, 0.2) is 41.3 Å². The van der Waals surface area contributed by atoms with Gasteiger partial charge in [-0.15, -0.1) is 0 Å². The van der Waals surface area contributed by atoms with Crippen molar-refractivity contribution in [3.63, 3.8) is 0 Å². The van der Waals surface area contributed by atoms with Crippen LogP contribution in [0.2, 0.25) is 0 Å². The van der Waals surface area contributed by atoms with E-state index in [9.17, 15) is 22.0 Å². The summed E-state index contributed by atoms with van der Waals surface area (Å²) in [5.74, 6) is -2.44. The fraction of sp³-hybridized carbons (Fsp3) is 0.211. The van der Waals surface area contributed by atoms with Crippen LogP contribution in [0, 0.1) is 18.6 Å². The fourth-order valence-corrected chi connectivity index (χ4v) is 3.37. The lowest BCUT2D eigenvalue weighted by molar-refractivity contribution is 0.407. The van der Waals surface area contributed by atoms with E-state index in [1.165, 1.54) is 16.8 Å². The molecule has 0 amide bonds. The second-order valence-corrected chi connectivity index (χ2v) is 8.74. The van der Waals surface area contributed by atoms with Gasteiger partial charge in [-0.25, -0.2) is 17.2 Å². The van der Waals surface area contributed by atoms with Crippen LogP contribution in [-0.4, -0.2) is 29.2 Å². The number of ether oxygens (including phenoxy) is 1. The average molecular weight is 421 g/mol. The molecule has 0 atom stereocenters. The maximum Gasteiger partial charge on any atom is 0.322 e. The largest absolute Gasteiger partial charge is 0.421 e. The molecule has 7 nitrogen and oxygen atoms in total. The van der Waals surface area contributed by atoms with E-state index in [0.29, 0.717) is 17.2 Å². The highest BCUT2D eigenvalue weighted by Crippen LogP contribution is 2.26. The molecule has 0 fully saturated rings. The third kappa shape index (κ3) is 5.02. The molecule has 0 radical (unpaired) electrons. The van der Waals surface area contributed by atoms with Crippen molar-refractivity contribution >= 4 is 9.84 Å². The molecule has 2 aromatic heterocycles. The molecule has 29 heavy (non-hydrogen) atoms. The third-order valence-corrected chi connectivity index (χ3v) is 4.74. The van der Waals surface area contributed by atoms with Gasteiger partial charge in [-0.2, -0.15) is 9.97 Å². The van der Waals surface area contributed by atoms with Gasteiger partial charge < -0.3 is 9.30 Å². The molecule has 0 N–H and O–H groups in total. The topological polar surface area (TPSA) is 91.2 Å². The maximum atomic E-state index is 13.9. The summed E-state index contributed by atoms with van der Waals surface area (Å²) in [5.41, 5.74) is 1.20. The molecule has 0 spiro atoms. The first-order chi connectivity index (χ1) is 13.5. The Bertz CT molecular complexity index is 1230. The highest BCUT2D eigenvalue weighted by atomic mass is 32.2. The molecule has 2 heterocycles. The predicted molar refractivity (Wildman–Crippen MR) is 102 cm³/mol. The summed E-state index contributed by atoms with van der Waals surface area (Å²) in [6.45, 7) is 1.63. The third-order valence-electron chi connectivity index (χ3n) is 3.92. The zero-order valence-electron chi connectivity index (χ0n) is 15.8. The molecular formula is C19H17F2N3O4S. The van der Waals surface area contributed by atoms with Gasteiger partial charge in [0.25, 0.3) is 5.56 Å². The molecule has 1 aromatic carbocycles. The summed E-state index contributed by atoms with van der Waals surface area (Å²) < 4.78 is 57.2. The highest BCUT2D eigenvalue weighted by Gasteiger charge is 2.15. The summed E-state index contributed by atoms with van der Waals surface area (Å²) in [6, 6.07) is 5.47. The summed E-state index contributed by atoms with van der Waals surface area (Å²) in [4.78, 5) is 20.2. The van der Waals surface area contributed by atoms with E-state index < -0.39 is 27.2 Å². The summed E-state index contributed by atoms with van der Waals surface area (Å²) in [6.07, 6.45) is 2.58. The SMILES string of the molecule is Cc1cc(-c2cc(CS(C)(=O)=O)nc(Oc3ccc(F)cc3F)n2)cn(C)c1=O. The molecule has 0 bridgehead atoms. The van der Waals surface area contributed by atoms with Gasteiger partial charge in [0.2, 0.25) is 0 Å². The van der Waals surface area contributed by atoms with Crippen LogP contribution < -0.4 is 10.3 Å². The van der Waals surface area contributed by atoms with Gasteiger partial charge in [0.1, 0.15) is 5.82 Å². The summed E-state index contributed by atoms with van der Waals surface area (Å²) >= 11 is 0. The number of aromatic nitrogens is 3. The summed E-state index contributed by atoms with van der Waals surface area (Å²) in [7, 11) is -1.86. The molecule has 152 valence electrons. The smallest absolute Gasteiger partial charge is 0.322 e. The molecule has 0 unspecified atom stereocenters. The number of halogens is 2. The van der Waals surface area contributed by atoms with Gasteiger partial charge in [-0.3, -0.25) is 4.79 Å². The molecule has 0 aliphatic rings. The van der Waals surface area contributed by atoms with Crippen LogP contribution in [0.5, 0.6) is 11.8 Å². The fourth-order valence-electron chi connectivity index (χ4n) is 2.68. The zero-order valence-corrected chi connectivity index (χ0v) is 16.6. The first kappa shape index (κ1) is 20.6. The molecule has 0 aliphatic heterocycles. The molecule has 10 heteroatoms. The van der Waals surface area contributed by atoms with Crippen LogP contribution in [0.4, 0.5) is 8.78 Å². The number of nitrogens with zero attached hydrogens (tertiary/aromatic N) is 3. The number of hydrogen-bond donors (Lipinski definition) is 0. The van der Waals surface area contributed by atoms with Crippen LogP contribution in [0.25, 0.3) is 11.3 Å². The molecule has 3 aromatic rings. The van der Waals surface area contributed by atoms with Gasteiger partial charge in [0.05, 0.1) is 17.1 Å². The molecule has 3 rings (SSSR count). The second kappa shape index (κ2) is 7.70. The monoisotopic (exact) mass is 421 g/mol. The standard InChI is InChI=1S/C19H17F2N3O4S/c1-11-6-12(9-24(2)18(11)25)16-8-14(10-29(3,26)27)22-19(23-16)28-17-5-4-13(20)7-15(17)21/h4-9H,10H2,1-3H3. The quantitative estimate of drug-likeness (QED) is 0.629. The van der Waals surface area contributed by atoms with Crippen molar-refractivity contribution in [3.8, 4) is 23.0 Å².